The number of rotatable bonds is 9. The van der Waals surface area contributed by atoms with E-state index in [9.17, 15) is 12.8 Å². The Kier molecular flexibility index (Phi) is 7.46. The molecule has 1 aromatic heterocycles. The summed E-state index contributed by atoms with van der Waals surface area (Å²) in [4.78, 5) is 4.55. The van der Waals surface area contributed by atoms with Crippen LogP contribution in [0.15, 0.2) is 102 Å². The van der Waals surface area contributed by atoms with E-state index in [1.807, 2.05) is 43.3 Å². The molecule has 1 N–H and O–H groups in total. The van der Waals surface area contributed by atoms with Gasteiger partial charge in [-0.1, -0.05) is 60.1 Å². The number of imidazole rings is 1. The highest BCUT2D eigenvalue weighted by Gasteiger charge is 2.26. The van der Waals surface area contributed by atoms with Crippen LogP contribution in [0.25, 0.3) is 10.8 Å². The first-order chi connectivity index (χ1) is 18.3. The van der Waals surface area contributed by atoms with Crippen LogP contribution in [0.5, 0.6) is 11.8 Å². The average Bonchev–Trinajstić information content (AvgIpc) is 3.32. The van der Waals surface area contributed by atoms with Crippen molar-refractivity contribution in [3.63, 3.8) is 0 Å². The molecular weight excluding hydrogens is 525 g/mol. The maximum atomic E-state index is 13.6. The Morgan fingerprint density at radius 3 is 2.50 bits per heavy atom. The molecule has 0 spiro atoms. The van der Waals surface area contributed by atoms with Crippen molar-refractivity contribution in [3.05, 3.63) is 119 Å². The van der Waals surface area contributed by atoms with Gasteiger partial charge in [0.15, 0.2) is 0 Å². The molecule has 0 fully saturated rings. The van der Waals surface area contributed by atoms with Crippen molar-refractivity contribution >= 4 is 32.4 Å². The lowest BCUT2D eigenvalue weighted by atomic mass is 10.0. The minimum Gasteiger partial charge on any atom is -0.426 e. The second-order valence-corrected chi connectivity index (χ2v) is 10.9. The van der Waals surface area contributed by atoms with Crippen molar-refractivity contribution in [2.75, 3.05) is 0 Å². The van der Waals surface area contributed by atoms with Crippen LogP contribution in [0, 0.1) is 5.82 Å². The topological polar surface area (TPSA) is 73.2 Å². The molecule has 0 bridgehead atoms. The van der Waals surface area contributed by atoms with Crippen LogP contribution in [0.3, 0.4) is 0 Å². The second kappa shape index (κ2) is 10.9. The number of sulfonamides is 1. The van der Waals surface area contributed by atoms with Gasteiger partial charge < -0.3 is 4.74 Å². The quantitative estimate of drug-likeness (QED) is 0.217. The van der Waals surface area contributed by atoms with Gasteiger partial charge in [-0.3, -0.25) is 4.57 Å². The van der Waals surface area contributed by atoms with Crippen LogP contribution < -0.4 is 9.46 Å². The number of benzene rings is 4. The van der Waals surface area contributed by atoms with Crippen molar-refractivity contribution in [1.82, 2.24) is 14.3 Å². The summed E-state index contributed by atoms with van der Waals surface area (Å²) >= 11 is 6.27. The average molecular weight is 550 g/mol. The molecule has 0 saturated carbocycles. The molecule has 1 heterocycles. The molecule has 38 heavy (non-hydrogen) atoms. The zero-order chi connectivity index (χ0) is 26.7. The largest absolute Gasteiger partial charge is 0.426 e. The lowest BCUT2D eigenvalue weighted by Gasteiger charge is -2.21. The molecule has 0 radical (unpaired) electrons. The van der Waals surface area contributed by atoms with Gasteiger partial charge in [-0.2, -0.15) is 0 Å². The number of aromatic nitrogens is 2. The third kappa shape index (κ3) is 5.57. The predicted octanol–water partition coefficient (Wildman–Crippen LogP) is 6.90. The van der Waals surface area contributed by atoms with Crippen molar-refractivity contribution in [3.8, 4) is 11.8 Å². The van der Waals surface area contributed by atoms with Crippen molar-refractivity contribution in [2.45, 2.75) is 30.8 Å². The standard InChI is InChI=1S/C29H25ClFN3O3S/c1-2-34-28(19-32-29(34)37-23-13-11-22(31)12-14-23)27(17-20-7-4-3-5-8-20)33-38(35,36)24-15-16-25-21(18-24)9-6-10-26(25)30/h3-16,18-19,27,33H,2,17H2,1H3. The summed E-state index contributed by atoms with van der Waals surface area (Å²) in [6.45, 7) is 2.40. The summed E-state index contributed by atoms with van der Waals surface area (Å²) in [5, 5.41) is 2.07. The number of fused-ring (bicyclic) bond motifs is 1. The van der Waals surface area contributed by atoms with Gasteiger partial charge in [0.25, 0.3) is 0 Å². The Morgan fingerprint density at radius 1 is 1.00 bits per heavy atom. The third-order valence-corrected chi connectivity index (χ3v) is 8.03. The van der Waals surface area contributed by atoms with Gasteiger partial charge in [0, 0.05) is 17.0 Å². The fourth-order valence-corrected chi connectivity index (χ4v) is 5.85. The highest BCUT2D eigenvalue weighted by Crippen LogP contribution is 2.30. The molecule has 194 valence electrons. The molecule has 0 saturated heterocycles. The molecule has 0 aliphatic carbocycles. The minimum atomic E-state index is -3.93. The van der Waals surface area contributed by atoms with Crippen LogP contribution >= 0.6 is 11.6 Å². The second-order valence-electron chi connectivity index (χ2n) is 8.75. The van der Waals surface area contributed by atoms with Crippen LogP contribution in [0.2, 0.25) is 5.02 Å². The first-order valence-electron chi connectivity index (χ1n) is 12.1. The monoisotopic (exact) mass is 549 g/mol. The van der Waals surface area contributed by atoms with Gasteiger partial charge in [0.05, 0.1) is 22.8 Å². The summed E-state index contributed by atoms with van der Waals surface area (Å²) < 4.78 is 51.2. The zero-order valence-electron chi connectivity index (χ0n) is 20.5. The van der Waals surface area contributed by atoms with Crippen molar-refractivity contribution < 1.29 is 17.5 Å². The molecule has 1 atom stereocenters. The fourth-order valence-electron chi connectivity index (χ4n) is 4.36. The number of nitrogens with zero attached hydrogens (tertiary/aromatic N) is 2. The van der Waals surface area contributed by atoms with Gasteiger partial charge in [0.1, 0.15) is 11.6 Å². The normalized spacial score (nSPS) is 12.5. The van der Waals surface area contributed by atoms with Crippen LogP contribution in [-0.4, -0.2) is 18.0 Å². The maximum absolute atomic E-state index is 13.6. The maximum Gasteiger partial charge on any atom is 0.302 e. The molecule has 5 aromatic rings. The molecule has 0 aliphatic heterocycles. The first kappa shape index (κ1) is 25.9. The predicted molar refractivity (Wildman–Crippen MR) is 147 cm³/mol. The SMILES string of the molecule is CCn1c(C(Cc2ccccc2)NS(=O)(=O)c2ccc3c(Cl)cccc3c2)cnc1Oc1ccc(F)cc1. The molecule has 5 rings (SSSR count). The summed E-state index contributed by atoms with van der Waals surface area (Å²) in [6, 6.07) is 25.2. The Bertz CT molecular complexity index is 1670. The van der Waals surface area contributed by atoms with Gasteiger partial charge >= 0.3 is 6.01 Å². The molecular formula is C29H25ClFN3O3S. The third-order valence-electron chi connectivity index (χ3n) is 6.23. The summed E-state index contributed by atoms with van der Waals surface area (Å²) in [5.41, 5.74) is 1.59. The van der Waals surface area contributed by atoms with E-state index in [0.717, 1.165) is 16.3 Å². The highest BCUT2D eigenvalue weighted by molar-refractivity contribution is 7.89. The molecule has 9 heteroatoms. The van der Waals surface area contributed by atoms with E-state index in [-0.39, 0.29) is 16.7 Å². The van der Waals surface area contributed by atoms with E-state index >= 15 is 0 Å². The van der Waals surface area contributed by atoms with Gasteiger partial charge in [0.2, 0.25) is 10.0 Å². The Hall–Kier alpha value is -3.72. The van der Waals surface area contributed by atoms with Crippen LogP contribution in [0.1, 0.15) is 24.2 Å². The Balaban J connectivity index is 1.51. The lowest BCUT2D eigenvalue weighted by molar-refractivity contribution is 0.405. The zero-order valence-corrected chi connectivity index (χ0v) is 22.1. The first-order valence-corrected chi connectivity index (χ1v) is 13.9. The van der Waals surface area contributed by atoms with Gasteiger partial charge in [-0.25, -0.2) is 22.5 Å². The molecule has 0 aliphatic rings. The van der Waals surface area contributed by atoms with Gasteiger partial charge in [-0.15, -0.1) is 0 Å². The van der Waals surface area contributed by atoms with E-state index in [1.165, 1.54) is 24.3 Å². The fraction of sp³-hybridized carbons (Fsp3) is 0.138. The highest BCUT2D eigenvalue weighted by atomic mass is 35.5. The van der Waals surface area contributed by atoms with E-state index in [2.05, 4.69) is 9.71 Å². The van der Waals surface area contributed by atoms with Crippen LogP contribution in [0.4, 0.5) is 4.39 Å². The molecule has 6 nitrogen and oxygen atoms in total. The number of hydrogen-bond acceptors (Lipinski definition) is 4. The number of nitrogens with one attached hydrogen (secondary N) is 1. The lowest BCUT2D eigenvalue weighted by Crippen LogP contribution is -2.31. The Morgan fingerprint density at radius 2 is 1.76 bits per heavy atom. The minimum absolute atomic E-state index is 0.135. The van der Waals surface area contributed by atoms with E-state index in [0.29, 0.717) is 29.4 Å². The molecule has 1 unspecified atom stereocenters. The van der Waals surface area contributed by atoms with Crippen LogP contribution in [-0.2, 0) is 23.0 Å². The summed E-state index contributed by atoms with van der Waals surface area (Å²) in [5.74, 6) is 0.0541. The Labute approximate surface area is 225 Å². The number of ether oxygens (including phenoxy) is 1. The molecule has 0 amide bonds. The number of halogens is 2. The van der Waals surface area contributed by atoms with Crippen molar-refractivity contribution in [2.24, 2.45) is 0 Å². The van der Waals surface area contributed by atoms with E-state index in [4.69, 9.17) is 16.3 Å². The van der Waals surface area contributed by atoms with Gasteiger partial charge in [-0.05, 0) is 66.8 Å². The summed E-state index contributed by atoms with van der Waals surface area (Å²) in [6.07, 6.45) is 2.00. The van der Waals surface area contributed by atoms with E-state index in [1.54, 1.807) is 41.1 Å². The van der Waals surface area contributed by atoms with E-state index < -0.39 is 16.1 Å². The van der Waals surface area contributed by atoms with Crippen molar-refractivity contribution in [1.29, 1.82) is 0 Å². The molecule has 4 aromatic carbocycles. The smallest absolute Gasteiger partial charge is 0.302 e. The summed E-state index contributed by atoms with van der Waals surface area (Å²) in [7, 11) is -3.93. The number of hydrogen-bond donors (Lipinski definition) is 1.